The van der Waals surface area contributed by atoms with E-state index in [4.69, 9.17) is 11.6 Å². The molecule has 0 aliphatic carbocycles. The van der Waals surface area contributed by atoms with Gasteiger partial charge in [0.2, 0.25) is 0 Å². The van der Waals surface area contributed by atoms with Crippen LogP contribution in [0.5, 0.6) is 0 Å². The fraction of sp³-hybridized carbons (Fsp3) is 0.462. The van der Waals surface area contributed by atoms with E-state index in [0.29, 0.717) is 11.6 Å². The van der Waals surface area contributed by atoms with Crippen molar-refractivity contribution >= 4 is 17.4 Å². The Morgan fingerprint density at radius 3 is 2.88 bits per heavy atom. The molecule has 0 bridgehead atoms. The van der Waals surface area contributed by atoms with E-state index in [0.717, 1.165) is 19.4 Å². The summed E-state index contributed by atoms with van der Waals surface area (Å²) in [6, 6.07) is 4.21. The maximum Gasteiger partial charge on any atom is 0.172 e. The summed E-state index contributed by atoms with van der Waals surface area (Å²) in [6.07, 6.45) is 1.73. The van der Waals surface area contributed by atoms with Gasteiger partial charge in [-0.05, 0) is 37.6 Å². The Morgan fingerprint density at radius 2 is 2.29 bits per heavy atom. The van der Waals surface area contributed by atoms with E-state index >= 15 is 0 Å². The number of hydrogen-bond donors (Lipinski definition) is 1. The van der Waals surface area contributed by atoms with Crippen molar-refractivity contribution in [3.63, 3.8) is 0 Å². The largest absolute Gasteiger partial charge is 0.316 e. The molecule has 1 aromatic rings. The molecule has 1 fully saturated rings. The first-order chi connectivity index (χ1) is 8.03. The lowest BCUT2D eigenvalue weighted by atomic mass is 9.76. The number of hydrogen-bond acceptors (Lipinski definition) is 2. The van der Waals surface area contributed by atoms with Gasteiger partial charge in [-0.25, -0.2) is 4.39 Å². The third kappa shape index (κ3) is 2.50. The second-order valence-electron chi connectivity index (χ2n) is 4.79. The molecular weight excluding hydrogens is 241 g/mol. The van der Waals surface area contributed by atoms with Crippen LogP contribution >= 0.6 is 11.6 Å². The highest BCUT2D eigenvalue weighted by molar-refractivity contribution is 6.30. The number of rotatable bonds is 2. The van der Waals surface area contributed by atoms with Gasteiger partial charge in [0, 0.05) is 17.0 Å². The smallest absolute Gasteiger partial charge is 0.172 e. The number of halogens is 2. The first kappa shape index (κ1) is 12.5. The Bertz CT molecular complexity index is 441. The molecule has 0 spiro atoms. The van der Waals surface area contributed by atoms with Crippen LogP contribution in [0, 0.1) is 11.2 Å². The number of carbonyl (C=O) groups excluding carboxylic acids is 1. The van der Waals surface area contributed by atoms with E-state index in [1.807, 2.05) is 6.92 Å². The van der Waals surface area contributed by atoms with Crippen molar-refractivity contribution in [3.8, 4) is 0 Å². The highest BCUT2D eigenvalue weighted by Gasteiger charge is 2.36. The molecular formula is C13H15ClFNO. The molecule has 4 heteroatoms. The second-order valence-corrected chi connectivity index (χ2v) is 5.23. The molecule has 0 radical (unpaired) electrons. The lowest BCUT2D eigenvalue weighted by molar-refractivity contribution is 0.0768. The van der Waals surface area contributed by atoms with Gasteiger partial charge >= 0.3 is 0 Å². The van der Waals surface area contributed by atoms with Crippen LogP contribution in [0.3, 0.4) is 0 Å². The van der Waals surface area contributed by atoms with Crippen molar-refractivity contribution < 1.29 is 9.18 Å². The Hall–Kier alpha value is -0.930. The van der Waals surface area contributed by atoms with Crippen LogP contribution in [0.2, 0.25) is 5.02 Å². The van der Waals surface area contributed by atoms with Crippen LogP contribution in [0.15, 0.2) is 18.2 Å². The average molecular weight is 256 g/mol. The molecule has 0 saturated carbocycles. The SMILES string of the molecule is CC1(C(=O)c2ccc(Cl)cc2F)CCCNC1. The van der Waals surface area contributed by atoms with Crippen LogP contribution in [-0.2, 0) is 0 Å². The van der Waals surface area contributed by atoms with Crippen molar-refractivity contribution in [2.45, 2.75) is 19.8 Å². The van der Waals surface area contributed by atoms with E-state index in [1.165, 1.54) is 12.1 Å². The summed E-state index contributed by atoms with van der Waals surface area (Å²) < 4.78 is 13.7. The predicted molar refractivity (Wildman–Crippen MR) is 66.0 cm³/mol. The summed E-state index contributed by atoms with van der Waals surface area (Å²) in [5, 5.41) is 3.50. The molecule has 92 valence electrons. The third-order valence-corrected chi connectivity index (χ3v) is 3.56. The molecule has 0 aromatic heterocycles. The van der Waals surface area contributed by atoms with E-state index in [2.05, 4.69) is 5.32 Å². The fourth-order valence-corrected chi connectivity index (χ4v) is 2.41. The highest BCUT2D eigenvalue weighted by atomic mass is 35.5. The van der Waals surface area contributed by atoms with Crippen molar-refractivity contribution in [1.82, 2.24) is 5.32 Å². The van der Waals surface area contributed by atoms with Gasteiger partial charge in [-0.2, -0.15) is 0 Å². The minimum atomic E-state index is -0.533. The maximum absolute atomic E-state index is 13.7. The minimum absolute atomic E-state index is 0.139. The van der Waals surface area contributed by atoms with Gasteiger partial charge in [-0.3, -0.25) is 4.79 Å². The van der Waals surface area contributed by atoms with E-state index in [9.17, 15) is 9.18 Å². The Labute approximate surface area is 105 Å². The summed E-state index contributed by atoms with van der Waals surface area (Å²) in [5.74, 6) is -0.673. The lowest BCUT2D eigenvalue weighted by Crippen LogP contribution is -2.43. The van der Waals surface area contributed by atoms with E-state index in [-0.39, 0.29) is 11.3 Å². The topological polar surface area (TPSA) is 29.1 Å². The quantitative estimate of drug-likeness (QED) is 0.823. The zero-order chi connectivity index (χ0) is 12.5. The van der Waals surface area contributed by atoms with Crippen LogP contribution in [-0.4, -0.2) is 18.9 Å². The van der Waals surface area contributed by atoms with Crippen LogP contribution in [0.1, 0.15) is 30.1 Å². The molecule has 1 saturated heterocycles. The molecule has 1 aromatic carbocycles. The van der Waals surface area contributed by atoms with Gasteiger partial charge in [0.1, 0.15) is 5.82 Å². The minimum Gasteiger partial charge on any atom is -0.316 e. The summed E-state index contributed by atoms with van der Waals surface area (Å²) in [7, 11) is 0. The van der Waals surface area contributed by atoms with Gasteiger partial charge in [0.05, 0.1) is 5.56 Å². The summed E-state index contributed by atoms with van der Waals surface area (Å²) >= 11 is 5.68. The Kier molecular flexibility index (Phi) is 3.50. The van der Waals surface area contributed by atoms with Gasteiger partial charge in [0.15, 0.2) is 5.78 Å². The lowest BCUT2D eigenvalue weighted by Gasteiger charge is -2.32. The second kappa shape index (κ2) is 4.75. The average Bonchev–Trinajstić information content (AvgIpc) is 2.29. The number of Topliss-reactive ketones (excluding diaryl/α,β-unsaturated/α-hetero) is 1. The monoisotopic (exact) mass is 255 g/mol. The molecule has 1 heterocycles. The van der Waals surface area contributed by atoms with Crippen molar-refractivity contribution in [1.29, 1.82) is 0 Å². The molecule has 0 amide bonds. The zero-order valence-corrected chi connectivity index (χ0v) is 10.5. The maximum atomic E-state index is 13.7. The molecule has 1 atom stereocenters. The standard InChI is InChI=1S/C13H15ClFNO/c1-13(5-2-6-16-8-13)12(17)10-4-3-9(14)7-11(10)15/h3-4,7,16H,2,5-6,8H2,1H3. The van der Waals surface area contributed by atoms with Gasteiger partial charge in [-0.1, -0.05) is 18.5 Å². The first-order valence-corrected chi connectivity index (χ1v) is 6.11. The molecule has 17 heavy (non-hydrogen) atoms. The van der Waals surface area contributed by atoms with E-state index < -0.39 is 11.2 Å². The van der Waals surface area contributed by atoms with Crippen molar-refractivity contribution in [3.05, 3.63) is 34.6 Å². The number of benzene rings is 1. The number of nitrogens with one attached hydrogen (secondary N) is 1. The highest BCUT2D eigenvalue weighted by Crippen LogP contribution is 2.31. The molecule has 1 unspecified atom stereocenters. The summed E-state index contributed by atoms with van der Waals surface area (Å²) in [5.41, 5.74) is -0.368. The Morgan fingerprint density at radius 1 is 1.53 bits per heavy atom. The molecule has 2 rings (SSSR count). The Balaban J connectivity index is 2.30. The van der Waals surface area contributed by atoms with Crippen molar-refractivity contribution in [2.24, 2.45) is 5.41 Å². The van der Waals surface area contributed by atoms with Gasteiger partial charge in [-0.15, -0.1) is 0 Å². The van der Waals surface area contributed by atoms with Crippen molar-refractivity contribution in [2.75, 3.05) is 13.1 Å². The zero-order valence-electron chi connectivity index (χ0n) is 9.72. The van der Waals surface area contributed by atoms with Crippen LogP contribution in [0.4, 0.5) is 4.39 Å². The van der Waals surface area contributed by atoms with Crippen LogP contribution < -0.4 is 5.32 Å². The number of ketones is 1. The fourth-order valence-electron chi connectivity index (χ4n) is 2.25. The third-order valence-electron chi connectivity index (χ3n) is 3.32. The normalized spacial score (nSPS) is 24.6. The predicted octanol–water partition coefficient (Wildman–Crippen LogP) is 3.05. The number of piperidine rings is 1. The molecule has 1 N–H and O–H groups in total. The first-order valence-electron chi connectivity index (χ1n) is 5.73. The summed E-state index contributed by atoms with van der Waals surface area (Å²) in [4.78, 5) is 12.3. The number of carbonyl (C=O) groups is 1. The van der Waals surface area contributed by atoms with Gasteiger partial charge < -0.3 is 5.32 Å². The van der Waals surface area contributed by atoms with Gasteiger partial charge in [0.25, 0.3) is 0 Å². The van der Waals surface area contributed by atoms with E-state index in [1.54, 1.807) is 6.07 Å². The summed E-state index contributed by atoms with van der Waals surface area (Å²) in [6.45, 7) is 3.41. The molecule has 1 aliphatic rings. The molecule has 1 aliphatic heterocycles. The molecule has 2 nitrogen and oxygen atoms in total. The van der Waals surface area contributed by atoms with Crippen LogP contribution in [0.25, 0.3) is 0 Å².